The molecule has 0 aromatic heterocycles. The maximum atomic E-state index is 5.45. The van der Waals surface area contributed by atoms with Crippen molar-refractivity contribution < 1.29 is 17.7 Å². The largest absolute Gasteiger partial charge is 0.397 e. The lowest BCUT2D eigenvalue weighted by atomic mass is 10.5. The van der Waals surface area contributed by atoms with Crippen molar-refractivity contribution in [2.24, 2.45) is 11.5 Å². The van der Waals surface area contributed by atoms with Crippen LogP contribution in [-0.4, -0.2) is 58.1 Å². The van der Waals surface area contributed by atoms with Gasteiger partial charge in [-0.25, -0.2) is 0 Å². The standard InChI is InChI=1S/2C7H19NO2Si/c2*1-3-9-11(10-4-2)7-5-6-8/h2*11H,3-8H2,1-2H3. The summed E-state index contributed by atoms with van der Waals surface area (Å²) in [5.74, 6) is 0. The fourth-order valence-electron chi connectivity index (χ4n) is 1.74. The van der Waals surface area contributed by atoms with Gasteiger partial charge in [0.25, 0.3) is 0 Å². The topological polar surface area (TPSA) is 89.0 Å². The van der Waals surface area contributed by atoms with Crippen LogP contribution in [-0.2, 0) is 17.7 Å². The summed E-state index contributed by atoms with van der Waals surface area (Å²) in [6, 6.07) is 2.08. The SMILES string of the molecule is CCO[SiH](CCCN)OCC.CCO[SiH](CCCN)OCC. The highest BCUT2D eigenvalue weighted by molar-refractivity contribution is 6.44. The van der Waals surface area contributed by atoms with Gasteiger partial charge in [-0.3, -0.25) is 0 Å². The zero-order valence-corrected chi connectivity index (χ0v) is 17.3. The van der Waals surface area contributed by atoms with E-state index in [4.69, 9.17) is 29.2 Å². The van der Waals surface area contributed by atoms with Gasteiger partial charge in [0.2, 0.25) is 0 Å². The predicted molar refractivity (Wildman–Crippen MR) is 97.8 cm³/mol. The molecule has 22 heavy (non-hydrogen) atoms. The van der Waals surface area contributed by atoms with Crippen LogP contribution in [0.2, 0.25) is 12.1 Å². The number of rotatable bonds is 14. The van der Waals surface area contributed by atoms with Crippen LogP contribution in [0.1, 0.15) is 40.5 Å². The van der Waals surface area contributed by atoms with Gasteiger partial charge in [0.15, 0.2) is 0 Å². The molecule has 0 saturated carbocycles. The normalized spacial score (nSPS) is 10.9. The van der Waals surface area contributed by atoms with Crippen molar-refractivity contribution in [1.82, 2.24) is 0 Å². The molecule has 0 radical (unpaired) electrons. The second-order valence-electron chi connectivity index (χ2n) is 4.54. The van der Waals surface area contributed by atoms with E-state index < -0.39 is 18.6 Å². The average molecular weight is 355 g/mol. The van der Waals surface area contributed by atoms with E-state index in [-0.39, 0.29) is 0 Å². The fraction of sp³-hybridized carbons (Fsp3) is 1.00. The molecule has 6 nitrogen and oxygen atoms in total. The Bertz CT molecular complexity index is 174. The molecule has 0 unspecified atom stereocenters. The van der Waals surface area contributed by atoms with Crippen molar-refractivity contribution in [2.45, 2.75) is 52.6 Å². The fourth-order valence-corrected chi connectivity index (χ4v) is 5.23. The van der Waals surface area contributed by atoms with Gasteiger partial charge in [0, 0.05) is 26.4 Å². The summed E-state index contributed by atoms with van der Waals surface area (Å²) >= 11 is 0. The summed E-state index contributed by atoms with van der Waals surface area (Å²) in [6.07, 6.45) is 2.05. The molecular weight excluding hydrogens is 316 g/mol. The van der Waals surface area contributed by atoms with Crippen LogP contribution in [0.15, 0.2) is 0 Å². The Hall–Kier alpha value is 0.194. The summed E-state index contributed by atoms with van der Waals surface area (Å²) in [7, 11) is -2.66. The highest BCUT2D eigenvalue weighted by Gasteiger charge is 2.10. The monoisotopic (exact) mass is 354 g/mol. The Morgan fingerprint density at radius 2 is 0.864 bits per heavy atom. The minimum absolute atomic E-state index is 0.740. The van der Waals surface area contributed by atoms with Crippen molar-refractivity contribution in [3.05, 3.63) is 0 Å². The lowest BCUT2D eigenvalue weighted by Crippen LogP contribution is -2.23. The molecule has 0 aromatic carbocycles. The smallest absolute Gasteiger partial charge is 0.321 e. The second-order valence-corrected chi connectivity index (χ2v) is 8.75. The first-order chi connectivity index (χ1) is 10.7. The Labute approximate surface area is 140 Å². The van der Waals surface area contributed by atoms with Crippen molar-refractivity contribution in [1.29, 1.82) is 0 Å². The summed E-state index contributed by atoms with van der Waals surface area (Å²) in [6.45, 7) is 12.5. The van der Waals surface area contributed by atoms with Gasteiger partial charge in [0.05, 0.1) is 0 Å². The number of hydrogen-bond donors (Lipinski definition) is 2. The van der Waals surface area contributed by atoms with Gasteiger partial charge in [-0.2, -0.15) is 0 Å². The van der Waals surface area contributed by atoms with Crippen LogP contribution in [0, 0.1) is 0 Å². The molecule has 0 heterocycles. The summed E-state index contributed by atoms with van der Waals surface area (Å²) in [5, 5.41) is 0. The third-order valence-electron chi connectivity index (χ3n) is 2.70. The molecule has 4 N–H and O–H groups in total. The van der Waals surface area contributed by atoms with E-state index in [1.807, 2.05) is 27.7 Å². The second kappa shape index (κ2) is 21.2. The van der Waals surface area contributed by atoms with Gasteiger partial charge in [0.1, 0.15) is 0 Å². The lowest BCUT2D eigenvalue weighted by Gasteiger charge is -2.13. The van der Waals surface area contributed by atoms with E-state index in [2.05, 4.69) is 0 Å². The minimum Gasteiger partial charge on any atom is -0.397 e. The highest BCUT2D eigenvalue weighted by atomic mass is 28.3. The van der Waals surface area contributed by atoms with Crippen molar-refractivity contribution in [2.75, 3.05) is 39.5 Å². The van der Waals surface area contributed by atoms with Gasteiger partial charge >= 0.3 is 18.6 Å². The average Bonchev–Trinajstić information content (AvgIpc) is 2.52. The lowest BCUT2D eigenvalue weighted by molar-refractivity contribution is 0.212. The molecule has 0 rings (SSSR count). The zero-order chi connectivity index (χ0) is 17.1. The quantitative estimate of drug-likeness (QED) is 0.457. The van der Waals surface area contributed by atoms with E-state index in [1.54, 1.807) is 0 Å². The molecule has 8 heteroatoms. The highest BCUT2D eigenvalue weighted by Crippen LogP contribution is 2.00. The van der Waals surface area contributed by atoms with Crippen LogP contribution in [0.25, 0.3) is 0 Å². The van der Waals surface area contributed by atoms with Gasteiger partial charge in [-0.15, -0.1) is 0 Å². The number of hydrogen-bond acceptors (Lipinski definition) is 6. The van der Waals surface area contributed by atoms with Crippen LogP contribution in [0.5, 0.6) is 0 Å². The Kier molecular flexibility index (Phi) is 23.6. The molecule has 0 fully saturated rings. The Balaban J connectivity index is 0. The van der Waals surface area contributed by atoms with E-state index in [9.17, 15) is 0 Å². The molecule has 136 valence electrons. The zero-order valence-electron chi connectivity index (χ0n) is 15.0. The van der Waals surface area contributed by atoms with Crippen LogP contribution in [0.3, 0.4) is 0 Å². The van der Waals surface area contributed by atoms with Crippen LogP contribution >= 0.6 is 0 Å². The molecule has 0 spiro atoms. The molecular formula is C14H38N2O4Si2. The van der Waals surface area contributed by atoms with Crippen molar-refractivity contribution in [3.63, 3.8) is 0 Å². The van der Waals surface area contributed by atoms with Crippen LogP contribution < -0.4 is 11.5 Å². The predicted octanol–water partition coefficient (Wildman–Crippen LogP) is 1.26. The third-order valence-corrected chi connectivity index (χ3v) is 7.28. The molecule has 0 saturated heterocycles. The van der Waals surface area contributed by atoms with E-state index in [0.29, 0.717) is 0 Å². The molecule has 0 amide bonds. The van der Waals surface area contributed by atoms with Crippen LogP contribution in [0.4, 0.5) is 0 Å². The van der Waals surface area contributed by atoms with Gasteiger partial charge in [-0.05, 0) is 65.7 Å². The maximum Gasteiger partial charge on any atom is 0.321 e. The van der Waals surface area contributed by atoms with E-state index in [1.165, 1.54) is 0 Å². The summed E-state index contributed by atoms with van der Waals surface area (Å²) < 4.78 is 21.8. The van der Waals surface area contributed by atoms with Gasteiger partial charge < -0.3 is 29.2 Å². The third kappa shape index (κ3) is 18.2. The first-order valence-corrected chi connectivity index (χ1v) is 12.1. The first-order valence-electron chi connectivity index (χ1n) is 8.56. The molecule has 0 bridgehead atoms. The molecule has 0 aromatic rings. The minimum atomic E-state index is -1.33. The van der Waals surface area contributed by atoms with E-state index in [0.717, 1.165) is 64.4 Å². The summed E-state index contributed by atoms with van der Waals surface area (Å²) in [4.78, 5) is 0. The molecule has 0 aliphatic rings. The molecule has 0 atom stereocenters. The number of nitrogens with two attached hydrogens (primary N) is 2. The molecule has 0 aliphatic heterocycles. The van der Waals surface area contributed by atoms with Gasteiger partial charge in [-0.1, -0.05) is 0 Å². The van der Waals surface area contributed by atoms with Crippen molar-refractivity contribution >= 4 is 18.6 Å². The van der Waals surface area contributed by atoms with E-state index >= 15 is 0 Å². The van der Waals surface area contributed by atoms with Crippen molar-refractivity contribution in [3.8, 4) is 0 Å². The Morgan fingerprint density at radius 3 is 1.05 bits per heavy atom. The Morgan fingerprint density at radius 1 is 0.591 bits per heavy atom. The first kappa shape index (κ1) is 24.4. The molecule has 0 aliphatic carbocycles. The summed E-state index contributed by atoms with van der Waals surface area (Å²) in [5.41, 5.74) is 10.8. The maximum absolute atomic E-state index is 5.45.